The zero-order valence-corrected chi connectivity index (χ0v) is 17.7. The van der Waals surface area contributed by atoms with Crippen LogP contribution in [-0.2, 0) is 14.3 Å². The van der Waals surface area contributed by atoms with Crippen LogP contribution in [0.3, 0.4) is 0 Å². The molecule has 6 nitrogen and oxygen atoms in total. The van der Waals surface area contributed by atoms with Crippen LogP contribution in [0.5, 0.6) is 0 Å². The average molecular weight is 420 g/mol. The number of hydrogen-bond donors (Lipinski definition) is 2. The second-order valence-corrected chi connectivity index (χ2v) is 8.68. The van der Waals surface area contributed by atoms with Gasteiger partial charge in [-0.25, -0.2) is 4.79 Å². The summed E-state index contributed by atoms with van der Waals surface area (Å²) in [7, 11) is 0. The Morgan fingerprint density at radius 1 is 1.32 bits per heavy atom. The van der Waals surface area contributed by atoms with Crippen molar-refractivity contribution in [1.82, 2.24) is 5.32 Å². The number of nitrogens with one attached hydrogen (secondary N) is 1. The number of ether oxygens (including phenoxy) is 1. The maximum absolute atomic E-state index is 12.9. The minimum absolute atomic E-state index is 0.00982. The summed E-state index contributed by atoms with van der Waals surface area (Å²) < 4.78 is 5.57. The van der Waals surface area contributed by atoms with E-state index in [0.29, 0.717) is 26.9 Å². The molecule has 0 fully saturated rings. The van der Waals surface area contributed by atoms with Crippen LogP contribution >= 0.6 is 23.4 Å². The molecule has 0 saturated heterocycles. The van der Waals surface area contributed by atoms with Crippen LogP contribution in [0.25, 0.3) is 0 Å². The predicted molar refractivity (Wildman–Crippen MR) is 110 cm³/mol. The molecule has 28 heavy (non-hydrogen) atoms. The number of nitrogens with zero attached hydrogens (tertiary/aromatic N) is 1. The summed E-state index contributed by atoms with van der Waals surface area (Å²) in [6, 6.07) is 9.11. The van der Waals surface area contributed by atoms with E-state index in [0.717, 1.165) is 17.3 Å². The summed E-state index contributed by atoms with van der Waals surface area (Å²) in [5.41, 5.74) is 6.50. The van der Waals surface area contributed by atoms with Crippen molar-refractivity contribution in [1.29, 1.82) is 5.26 Å². The second kappa shape index (κ2) is 8.72. The molecule has 1 heterocycles. The van der Waals surface area contributed by atoms with Crippen LogP contribution < -0.4 is 11.1 Å². The molecule has 1 amide bonds. The van der Waals surface area contributed by atoms with Crippen LogP contribution in [0.1, 0.15) is 39.2 Å². The first kappa shape index (κ1) is 21.9. The van der Waals surface area contributed by atoms with Crippen molar-refractivity contribution in [2.45, 2.75) is 39.2 Å². The molecule has 148 valence electrons. The first-order chi connectivity index (χ1) is 13.0. The highest BCUT2D eigenvalue weighted by atomic mass is 35.5. The Morgan fingerprint density at radius 2 is 1.93 bits per heavy atom. The number of thioether (sulfide) groups is 1. The third kappa shape index (κ3) is 5.31. The van der Waals surface area contributed by atoms with Gasteiger partial charge in [0.05, 0.1) is 33.9 Å². The molecule has 1 aliphatic heterocycles. The number of nitrogens with two attached hydrogens (primary N) is 1. The molecule has 0 saturated carbocycles. The fraction of sp³-hybridized carbons (Fsp3) is 0.350. The molecule has 8 heteroatoms. The topological polar surface area (TPSA) is 105 Å². The molecule has 1 aromatic carbocycles. The molecule has 0 aromatic heterocycles. The molecular weight excluding hydrogens is 398 g/mol. The number of rotatable bonds is 5. The Hall–Kier alpha value is -2.43. The van der Waals surface area contributed by atoms with Gasteiger partial charge >= 0.3 is 5.97 Å². The van der Waals surface area contributed by atoms with Crippen LogP contribution in [-0.4, -0.2) is 23.2 Å². The van der Waals surface area contributed by atoms with E-state index in [4.69, 9.17) is 22.1 Å². The van der Waals surface area contributed by atoms with Crippen LogP contribution in [0, 0.1) is 11.3 Å². The van der Waals surface area contributed by atoms with Gasteiger partial charge in [0.1, 0.15) is 5.60 Å². The number of carbonyl (C=O) groups excluding carboxylic acids is 2. The largest absolute Gasteiger partial charge is 0.457 e. The standard InChI is InChI=1S/C20H22ClN3O3S/c1-11-16(19(26)27-20(2,3)4)17(12-5-7-13(21)8-6-12)14(9-22)18(24-11)28-10-15(23)25/h5-8,17,24H,10H2,1-4H3,(H2,23,25)/t17-/m0/s1. The van der Waals surface area contributed by atoms with E-state index in [1.807, 2.05) is 0 Å². The summed E-state index contributed by atoms with van der Waals surface area (Å²) in [5.74, 6) is -1.65. The summed E-state index contributed by atoms with van der Waals surface area (Å²) >= 11 is 7.13. The fourth-order valence-corrected chi connectivity index (χ4v) is 3.72. The summed E-state index contributed by atoms with van der Waals surface area (Å²) in [4.78, 5) is 24.2. The lowest BCUT2D eigenvalue weighted by Gasteiger charge is -2.31. The van der Waals surface area contributed by atoms with Gasteiger partial charge in [0.2, 0.25) is 5.91 Å². The van der Waals surface area contributed by atoms with E-state index in [1.54, 1.807) is 52.0 Å². The number of esters is 1. The van der Waals surface area contributed by atoms with E-state index in [1.165, 1.54) is 0 Å². The molecule has 0 bridgehead atoms. The van der Waals surface area contributed by atoms with E-state index >= 15 is 0 Å². The van der Waals surface area contributed by atoms with E-state index < -0.39 is 23.4 Å². The molecule has 0 spiro atoms. The fourth-order valence-electron chi connectivity index (χ4n) is 2.76. The van der Waals surface area contributed by atoms with Crippen molar-refractivity contribution in [2.24, 2.45) is 5.73 Å². The molecule has 1 aromatic rings. The molecule has 0 radical (unpaired) electrons. The van der Waals surface area contributed by atoms with Gasteiger partial charge in [-0.1, -0.05) is 35.5 Å². The number of hydrogen-bond acceptors (Lipinski definition) is 6. The Balaban J connectivity index is 2.58. The Labute approximate surface area is 173 Å². The monoisotopic (exact) mass is 419 g/mol. The van der Waals surface area contributed by atoms with Gasteiger partial charge in [-0.15, -0.1) is 0 Å². The Morgan fingerprint density at radius 3 is 2.43 bits per heavy atom. The normalized spacial score (nSPS) is 17.1. The van der Waals surface area contributed by atoms with Crippen LogP contribution in [0.4, 0.5) is 0 Å². The average Bonchev–Trinajstić information content (AvgIpc) is 2.58. The van der Waals surface area contributed by atoms with Gasteiger partial charge in [0.25, 0.3) is 0 Å². The Bertz CT molecular complexity index is 893. The Kier molecular flexibility index (Phi) is 6.81. The van der Waals surface area contributed by atoms with Crippen molar-refractivity contribution in [3.63, 3.8) is 0 Å². The first-order valence-corrected chi connectivity index (χ1v) is 9.92. The van der Waals surface area contributed by atoms with Gasteiger partial charge in [0, 0.05) is 10.7 Å². The quantitative estimate of drug-likeness (QED) is 0.706. The van der Waals surface area contributed by atoms with E-state index in [-0.39, 0.29) is 5.75 Å². The molecule has 2 rings (SSSR count). The van der Waals surface area contributed by atoms with E-state index in [2.05, 4.69) is 11.4 Å². The lowest BCUT2D eigenvalue weighted by Crippen LogP contribution is -2.32. The van der Waals surface area contributed by atoms with Crippen molar-refractivity contribution in [3.05, 3.63) is 56.7 Å². The maximum atomic E-state index is 12.9. The van der Waals surface area contributed by atoms with Crippen LogP contribution in [0.2, 0.25) is 5.02 Å². The highest BCUT2D eigenvalue weighted by Crippen LogP contribution is 2.41. The third-order valence-corrected chi connectivity index (χ3v) is 5.12. The molecule has 3 N–H and O–H groups in total. The van der Waals surface area contributed by atoms with Gasteiger partial charge in [-0.05, 0) is 45.4 Å². The van der Waals surface area contributed by atoms with Gasteiger partial charge in [0.15, 0.2) is 0 Å². The minimum atomic E-state index is -0.688. The molecule has 0 aliphatic carbocycles. The SMILES string of the molecule is CC1=C(C(=O)OC(C)(C)C)[C@@H](c2ccc(Cl)cc2)C(C#N)=C(SCC(N)=O)N1. The first-order valence-electron chi connectivity index (χ1n) is 8.55. The number of benzene rings is 1. The number of dihydropyridines is 1. The van der Waals surface area contributed by atoms with E-state index in [9.17, 15) is 14.9 Å². The molecule has 1 aliphatic rings. The lowest BCUT2D eigenvalue weighted by molar-refractivity contribution is -0.150. The highest BCUT2D eigenvalue weighted by Gasteiger charge is 2.36. The number of primary amides is 1. The van der Waals surface area contributed by atoms with Crippen LogP contribution in [0.15, 0.2) is 46.1 Å². The van der Waals surface area contributed by atoms with Crippen molar-refractivity contribution < 1.29 is 14.3 Å². The van der Waals surface area contributed by atoms with Crippen molar-refractivity contribution in [2.75, 3.05) is 5.75 Å². The summed E-state index contributed by atoms with van der Waals surface area (Å²) in [5, 5.41) is 14.0. The smallest absolute Gasteiger partial charge is 0.337 e. The lowest BCUT2D eigenvalue weighted by atomic mass is 9.82. The van der Waals surface area contributed by atoms with Gasteiger partial charge in [-0.2, -0.15) is 5.26 Å². The number of amides is 1. The van der Waals surface area contributed by atoms with Gasteiger partial charge in [-0.3, -0.25) is 4.79 Å². The number of carbonyl (C=O) groups is 2. The number of nitriles is 1. The summed E-state index contributed by atoms with van der Waals surface area (Å²) in [6.45, 7) is 7.08. The molecule has 0 unspecified atom stereocenters. The van der Waals surface area contributed by atoms with Crippen molar-refractivity contribution >= 4 is 35.2 Å². The van der Waals surface area contributed by atoms with Gasteiger partial charge < -0.3 is 15.8 Å². The summed E-state index contributed by atoms with van der Waals surface area (Å²) in [6.07, 6.45) is 0. The number of allylic oxidation sites excluding steroid dienone is 2. The zero-order chi connectivity index (χ0) is 21.1. The molecular formula is C20H22ClN3O3S. The van der Waals surface area contributed by atoms with Crippen molar-refractivity contribution in [3.8, 4) is 6.07 Å². The zero-order valence-electron chi connectivity index (χ0n) is 16.1. The minimum Gasteiger partial charge on any atom is -0.457 e. The third-order valence-electron chi connectivity index (χ3n) is 3.83. The molecule has 1 atom stereocenters. The number of halogens is 1. The second-order valence-electron chi connectivity index (χ2n) is 7.26. The maximum Gasteiger partial charge on any atom is 0.337 e. The predicted octanol–water partition coefficient (Wildman–Crippen LogP) is 3.60. The highest BCUT2D eigenvalue weighted by molar-refractivity contribution is 8.03.